The van der Waals surface area contributed by atoms with E-state index in [0.717, 1.165) is 47.5 Å². The number of aromatic amines is 1. The second-order valence-corrected chi connectivity index (χ2v) is 8.12. The largest absolute Gasteiger partial charge is 0.711 e. The van der Waals surface area contributed by atoms with Gasteiger partial charge in [0, 0.05) is 24.7 Å². The lowest BCUT2D eigenvalue weighted by Gasteiger charge is -2.09. The van der Waals surface area contributed by atoms with E-state index in [4.69, 9.17) is 4.98 Å². The Morgan fingerprint density at radius 3 is 2.38 bits per heavy atom. The highest BCUT2D eigenvalue weighted by Crippen LogP contribution is 2.24. The molecular formula is C25H24N8O. The van der Waals surface area contributed by atoms with Crippen LogP contribution in [0.1, 0.15) is 31.2 Å². The summed E-state index contributed by atoms with van der Waals surface area (Å²) in [7, 11) is 0. The van der Waals surface area contributed by atoms with Crippen LogP contribution in [0.15, 0.2) is 73.4 Å². The summed E-state index contributed by atoms with van der Waals surface area (Å²) in [5, 5.41) is 25.8. The summed E-state index contributed by atoms with van der Waals surface area (Å²) < 4.78 is 2.87. The molecule has 0 aliphatic rings. The molecule has 0 unspecified atom stereocenters. The van der Waals surface area contributed by atoms with Crippen LogP contribution in [0.4, 0.5) is 0 Å². The molecule has 0 saturated heterocycles. The van der Waals surface area contributed by atoms with Crippen molar-refractivity contribution in [2.75, 3.05) is 0 Å². The van der Waals surface area contributed by atoms with Crippen molar-refractivity contribution in [3.05, 3.63) is 90.0 Å². The van der Waals surface area contributed by atoms with E-state index in [1.54, 1.807) is 6.20 Å². The number of nitrogens with zero attached hydrogens (tertiary/aromatic N) is 7. The third-order valence-corrected chi connectivity index (χ3v) is 5.70. The lowest BCUT2D eigenvalue weighted by Crippen LogP contribution is -2.25. The molecule has 0 saturated carbocycles. The Labute approximate surface area is 196 Å². The average Bonchev–Trinajstić information content (AvgIpc) is 3.54. The third-order valence-electron chi connectivity index (χ3n) is 5.70. The van der Waals surface area contributed by atoms with Crippen LogP contribution >= 0.6 is 0 Å². The Morgan fingerprint density at radius 2 is 1.71 bits per heavy atom. The smallest absolute Gasteiger partial charge is 0.289 e. The van der Waals surface area contributed by atoms with Gasteiger partial charge < -0.3 is 9.77 Å². The Morgan fingerprint density at radius 1 is 0.971 bits per heavy atom. The number of hydrogen-bond acceptors (Lipinski definition) is 6. The number of aromatic nitrogens is 8. The maximum absolute atomic E-state index is 11.7. The van der Waals surface area contributed by atoms with Crippen LogP contribution in [-0.2, 0) is 13.0 Å². The number of nitrogens with one attached hydrogen (secondary N) is 1. The van der Waals surface area contributed by atoms with Crippen LogP contribution in [0.2, 0.25) is 0 Å². The van der Waals surface area contributed by atoms with Gasteiger partial charge in [0.15, 0.2) is 6.20 Å². The summed E-state index contributed by atoms with van der Waals surface area (Å²) in [6, 6.07) is 16.6. The predicted octanol–water partition coefficient (Wildman–Crippen LogP) is 3.82. The number of aryl methyl sites for hydroxylation is 1. The number of unbranched alkanes of at least 4 members (excludes halogenated alkanes) is 1. The molecule has 0 aliphatic carbocycles. The summed E-state index contributed by atoms with van der Waals surface area (Å²) in [6.07, 6.45) is 9.45. The molecule has 0 bridgehead atoms. The van der Waals surface area contributed by atoms with Crippen molar-refractivity contribution in [1.82, 2.24) is 35.2 Å². The molecule has 5 aromatic rings. The second-order valence-electron chi connectivity index (χ2n) is 8.12. The zero-order valence-electron chi connectivity index (χ0n) is 18.8. The Hall–Kier alpha value is -4.40. The minimum absolute atomic E-state index is 0.580. The van der Waals surface area contributed by atoms with Crippen molar-refractivity contribution >= 4 is 0 Å². The maximum atomic E-state index is 11.7. The molecule has 3 heterocycles. The monoisotopic (exact) mass is 452 g/mol. The molecule has 5 rings (SSSR count). The van der Waals surface area contributed by atoms with Gasteiger partial charge in [0.25, 0.3) is 6.33 Å². The van der Waals surface area contributed by atoms with Crippen molar-refractivity contribution in [1.29, 1.82) is 0 Å². The van der Waals surface area contributed by atoms with Gasteiger partial charge in [0.1, 0.15) is 12.0 Å². The summed E-state index contributed by atoms with van der Waals surface area (Å²) in [6.45, 7) is 2.88. The first-order chi connectivity index (χ1) is 16.7. The molecule has 0 spiro atoms. The van der Waals surface area contributed by atoms with Gasteiger partial charge >= 0.3 is 0 Å². The normalized spacial score (nSPS) is 11.1. The quantitative estimate of drug-likeness (QED) is 0.283. The van der Waals surface area contributed by atoms with Crippen LogP contribution < -0.4 is 4.73 Å². The van der Waals surface area contributed by atoms with Crippen LogP contribution in [0.25, 0.3) is 33.8 Å². The predicted molar refractivity (Wildman–Crippen MR) is 127 cm³/mol. The van der Waals surface area contributed by atoms with E-state index in [9.17, 15) is 5.21 Å². The molecule has 34 heavy (non-hydrogen) atoms. The van der Waals surface area contributed by atoms with Gasteiger partial charge in [0.05, 0.1) is 11.3 Å². The lowest BCUT2D eigenvalue weighted by atomic mass is 10.0. The molecule has 0 aliphatic heterocycles. The van der Waals surface area contributed by atoms with E-state index < -0.39 is 0 Å². The van der Waals surface area contributed by atoms with E-state index in [0.29, 0.717) is 22.7 Å². The van der Waals surface area contributed by atoms with E-state index >= 15 is 0 Å². The van der Waals surface area contributed by atoms with Crippen molar-refractivity contribution in [2.24, 2.45) is 0 Å². The summed E-state index contributed by atoms with van der Waals surface area (Å²) in [5.41, 5.74) is 5.83. The highest BCUT2D eigenvalue weighted by Gasteiger charge is 2.12. The van der Waals surface area contributed by atoms with Gasteiger partial charge in [-0.2, -0.15) is 5.21 Å². The highest BCUT2D eigenvalue weighted by molar-refractivity contribution is 5.67. The number of hydrogen-bond donors (Lipinski definition) is 1. The number of benzene rings is 2. The zero-order valence-corrected chi connectivity index (χ0v) is 18.8. The van der Waals surface area contributed by atoms with Crippen LogP contribution in [0.5, 0.6) is 0 Å². The van der Waals surface area contributed by atoms with Gasteiger partial charge in [-0.05, 0) is 28.3 Å². The molecule has 9 nitrogen and oxygen atoms in total. The number of rotatable bonds is 8. The lowest BCUT2D eigenvalue weighted by molar-refractivity contribution is -0.608. The maximum Gasteiger partial charge on any atom is 0.289 e. The first-order valence-corrected chi connectivity index (χ1v) is 11.2. The number of tetrazole rings is 1. The first kappa shape index (κ1) is 21.4. The van der Waals surface area contributed by atoms with Crippen molar-refractivity contribution in [3.63, 3.8) is 0 Å². The van der Waals surface area contributed by atoms with E-state index in [2.05, 4.69) is 73.5 Å². The molecule has 0 amide bonds. The Bertz CT molecular complexity index is 1360. The van der Waals surface area contributed by atoms with Crippen molar-refractivity contribution < 1.29 is 4.73 Å². The minimum Gasteiger partial charge on any atom is -0.711 e. The van der Waals surface area contributed by atoms with E-state index in [1.807, 2.05) is 18.3 Å². The topological polar surface area (TPSA) is 112 Å². The standard InChI is InChI=1S/C25H24N8O/c1-2-3-4-24-27-23(22-13-26-17-33(34)15-22)16-32(24)14-18-5-7-19(8-6-18)20-9-11-21(12-10-20)25-28-30-31-29-25/h5-13,15-17H,2-4,14H2,1H3,(H,28,29,30,31). The number of imidazole rings is 1. The molecule has 0 radical (unpaired) electrons. The van der Waals surface area contributed by atoms with Crippen LogP contribution in [-0.4, -0.2) is 35.2 Å². The Balaban J connectivity index is 1.36. The molecule has 0 atom stereocenters. The van der Waals surface area contributed by atoms with Gasteiger partial charge in [-0.25, -0.2) is 9.71 Å². The fraction of sp³-hybridized carbons (Fsp3) is 0.200. The molecule has 1 N–H and O–H groups in total. The molecule has 170 valence electrons. The van der Waals surface area contributed by atoms with Gasteiger partial charge in [-0.15, -0.1) is 10.2 Å². The minimum atomic E-state index is 0.580. The molecule has 9 heteroatoms. The SMILES string of the molecule is CCCCc1nc(-c2cnc[n+]([O-])c2)cn1Cc1ccc(-c2ccc(-c3nn[nH]n3)cc2)cc1. The van der Waals surface area contributed by atoms with Crippen molar-refractivity contribution in [2.45, 2.75) is 32.7 Å². The van der Waals surface area contributed by atoms with Crippen LogP contribution in [0, 0.1) is 5.21 Å². The van der Waals surface area contributed by atoms with Crippen molar-refractivity contribution in [3.8, 4) is 33.8 Å². The third kappa shape index (κ3) is 4.68. The second kappa shape index (κ2) is 9.62. The first-order valence-electron chi connectivity index (χ1n) is 11.2. The summed E-state index contributed by atoms with van der Waals surface area (Å²) in [5.74, 6) is 1.59. The fourth-order valence-corrected chi connectivity index (χ4v) is 3.88. The van der Waals surface area contributed by atoms with Gasteiger partial charge in [-0.1, -0.05) is 66.9 Å². The average molecular weight is 453 g/mol. The molecule has 2 aromatic carbocycles. The fourth-order valence-electron chi connectivity index (χ4n) is 3.88. The zero-order chi connectivity index (χ0) is 23.3. The van der Waals surface area contributed by atoms with Gasteiger partial charge in [0.2, 0.25) is 5.82 Å². The summed E-state index contributed by atoms with van der Waals surface area (Å²) >= 11 is 0. The van der Waals surface area contributed by atoms with Gasteiger partial charge in [-0.3, -0.25) is 0 Å². The summed E-state index contributed by atoms with van der Waals surface area (Å²) in [4.78, 5) is 8.80. The highest BCUT2D eigenvalue weighted by atomic mass is 16.5. The van der Waals surface area contributed by atoms with E-state index in [1.165, 1.54) is 18.1 Å². The molecular weight excluding hydrogens is 428 g/mol. The van der Waals surface area contributed by atoms with E-state index in [-0.39, 0.29) is 0 Å². The number of H-pyrrole nitrogens is 1. The molecule has 0 fully saturated rings. The Kier molecular flexibility index (Phi) is 6.07. The van der Waals surface area contributed by atoms with Crippen LogP contribution in [0.3, 0.4) is 0 Å². The molecule has 3 aromatic heterocycles.